The molecule has 0 aromatic rings. The highest BCUT2D eigenvalue weighted by Gasteiger charge is 2.15. The smallest absolute Gasteiger partial charge is 0.184 e. The van der Waals surface area contributed by atoms with Crippen molar-refractivity contribution in [3.63, 3.8) is 0 Å². The zero-order valence-corrected chi connectivity index (χ0v) is 7.77. The highest BCUT2D eigenvalue weighted by atomic mass is 28.4. The lowest BCUT2D eigenvalue weighted by Gasteiger charge is -2.20. The Morgan fingerprint density at radius 1 is 1.44 bits per heavy atom. The van der Waals surface area contributed by atoms with E-state index in [0.29, 0.717) is 0 Å². The van der Waals surface area contributed by atoms with Gasteiger partial charge in [-0.15, -0.1) is 6.58 Å². The molecule has 54 valence electrons. The molecule has 0 saturated heterocycles. The van der Waals surface area contributed by atoms with Gasteiger partial charge in [-0.1, -0.05) is 6.08 Å². The second-order valence-corrected chi connectivity index (χ2v) is 7.63. The van der Waals surface area contributed by atoms with E-state index in [4.69, 9.17) is 4.43 Å². The average molecular weight is 144 g/mol. The van der Waals surface area contributed by atoms with Crippen LogP contribution in [0.3, 0.4) is 0 Å². The minimum Gasteiger partial charge on any atom is -0.412 e. The van der Waals surface area contributed by atoms with Gasteiger partial charge in [-0.05, 0) is 26.6 Å². The van der Waals surface area contributed by atoms with Crippen molar-refractivity contribution in [2.24, 2.45) is 0 Å². The predicted octanol–water partition coefficient (Wildman–Crippen LogP) is 2.41. The van der Waals surface area contributed by atoms with Crippen LogP contribution < -0.4 is 0 Å². The molecular weight excluding hydrogens is 128 g/mol. The van der Waals surface area contributed by atoms with E-state index in [1.807, 2.05) is 13.0 Å². The van der Waals surface area contributed by atoms with Crippen LogP contribution in [0.15, 0.2) is 12.7 Å². The van der Waals surface area contributed by atoms with Crippen LogP contribution in [-0.4, -0.2) is 14.4 Å². The minimum atomic E-state index is -1.31. The summed E-state index contributed by atoms with van der Waals surface area (Å²) in [6, 6.07) is 0. The molecule has 0 fully saturated rings. The lowest BCUT2D eigenvalue weighted by molar-refractivity contribution is 0.263. The van der Waals surface area contributed by atoms with Gasteiger partial charge in [0.25, 0.3) is 0 Å². The maximum absolute atomic E-state index is 5.61. The van der Waals surface area contributed by atoms with Gasteiger partial charge < -0.3 is 4.43 Å². The van der Waals surface area contributed by atoms with Crippen molar-refractivity contribution in [2.45, 2.75) is 32.7 Å². The van der Waals surface area contributed by atoms with Crippen molar-refractivity contribution < 1.29 is 4.43 Å². The van der Waals surface area contributed by atoms with Crippen LogP contribution in [0.2, 0.25) is 19.6 Å². The third kappa shape index (κ3) is 5.79. The van der Waals surface area contributed by atoms with E-state index >= 15 is 0 Å². The van der Waals surface area contributed by atoms with Gasteiger partial charge in [0.05, 0.1) is 6.10 Å². The van der Waals surface area contributed by atoms with Crippen LogP contribution in [0.1, 0.15) is 6.92 Å². The Balaban J connectivity index is 3.59. The van der Waals surface area contributed by atoms with Crippen molar-refractivity contribution in [1.82, 2.24) is 0 Å². The van der Waals surface area contributed by atoms with Gasteiger partial charge in [-0.3, -0.25) is 0 Å². The molecule has 1 nitrogen and oxygen atoms in total. The summed E-state index contributed by atoms with van der Waals surface area (Å²) in [5.74, 6) is 0. The molecule has 1 atom stereocenters. The summed E-state index contributed by atoms with van der Waals surface area (Å²) < 4.78 is 5.61. The summed E-state index contributed by atoms with van der Waals surface area (Å²) in [7, 11) is -1.31. The molecule has 0 rings (SSSR count). The third-order valence-corrected chi connectivity index (χ3v) is 1.95. The molecule has 0 amide bonds. The quantitative estimate of drug-likeness (QED) is 0.436. The summed E-state index contributed by atoms with van der Waals surface area (Å²) in [5, 5.41) is 0. The Bertz CT molecular complexity index is 93.6. The van der Waals surface area contributed by atoms with Crippen LogP contribution in [0, 0.1) is 0 Å². The molecular formula is C7H16OSi. The number of hydrogen-bond acceptors (Lipinski definition) is 1. The van der Waals surface area contributed by atoms with Crippen LogP contribution in [0.4, 0.5) is 0 Å². The maximum atomic E-state index is 5.61. The Morgan fingerprint density at radius 2 is 1.89 bits per heavy atom. The summed E-state index contributed by atoms with van der Waals surface area (Å²) in [5.41, 5.74) is 0. The molecule has 0 unspecified atom stereocenters. The predicted molar refractivity (Wildman–Crippen MR) is 44.1 cm³/mol. The average Bonchev–Trinajstić information content (AvgIpc) is 1.62. The fourth-order valence-electron chi connectivity index (χ4n) is 0.606. The molecule has 0 spiro atoms. The van der Waals surface area contributed by atoms with Crippen LogP contribution in [-0.2, 0) is 4.43 Å². The zero-order valence-electron chi connectivity index (χ0n) is 6.77. The second-order valence-electron chi connectivity index (χ2n) is 3.17. The fraction of sp³-hybridized carbons (Fsp3) is 0.714. The van der Waals surface area contributed by atoms with Gasteiger partial charge in [0.1, 0.15) is 0 Å². The van der Waals surface area contributed by atoms with Crippen molar-refractivity contribution in [3.8, 4) is 0 Å². The number of hydrogen-bond donors (Lipinski definition) is 0. The Kier molecular flexibility index (Phi) is 3.15. The van der Waals surface area contributed by atoms with E-state index in [1.54, 1.807) is 0 Å². The van der Waals surface area contributed by atoms with Crippen LogP contribution in [0.5, 0.6) is 0 Å². The normalized spacial score (nSPS) is 15.1. The highest BCUT2D eigenvalue weighted by Crippen LogP contribution is 2.06. The van der Waals surface area contributed by atoms with Gasteiger partial charge >= 0.3 is 0 Å². The Morgan fingerprint density at radius 3 is 2.00 bits per heavy atom. The Hall–Kier alpha value is -0.0831. The highest BCUT2D eigenvalue weighted by molar-refractivity contribution is 6.69. The van der Waals surface area contributed by atoms with Gasteiger partial charge in [-0.25, -0.2) is 0 Å². The van der Waals surface area contributed by atoms with E-state index in [0.717, 1.165) is 0 Å². The molecule has 9 heavy (non-hydrogen) atoms. The summed E-state index contributed by atoms with van der Waals surface area (Å²) >= 11 is 0. The maximum Gasteiger partial charge on any atom is 0.184 e. The summed E-state index contributed by atoms with van der Waals surface area (Å²) in [4.78, 5) is 0. The molecule has 0 radical (unpaired) electrons. The first-order chi connectivity index (χ1) is 3.95. The fourth-order valence-corrected chi connectivity index (χ4v) is 1.82. The molecule has 0 aromatic heterocycles. The van der Waals surface area contributed by atoms with Crippen molar-refractivity contribution in [2.75, 3.05) is 0 Å². The zero-order chi connectivity index (χ0) is 7.49. The molecule has 0 aliphatic carbocycles. The minimum absolute atomic E-state index is 0.219. The van der Waals surface area contributed by atoms with Gasteiger partial charge in [-0.2, -0.15) is 0 Å². The third-order valence-electron chi connectivity index (χ3n) is 0.871. The first-order valence-corrected chi connectivity index (χ1v) is 6.67. The molecule has 0 heterocycles. The lowest BCUT2D eigenvalue weighted by atomic mass is 10.4. The van der Waals surface area contributed by atoms with Gasteiger partial charge in [0.15, 0.2) is 8.32 Å². The molecule has 0 aromatic carbocycles. The standard InChI is InChI=1S/C7H16OSi/c1-6-7(2)8-9(3,4)5/h6-7H,1H2,2-5H3/t7-/m1/s1. The lowest BCUT2D eigenvalue weighted by Crippen LogP contribution is -2.29. The first-order valence-electron chi connectivity index (χ1n) is 3.26. The van der Waals surface area contributed by atoms with Crippen molar-refractivity contribution in [1.29, 1.82) is 0 Å². The van der Waals surface area contributed by atoms with E-state index in [1.165, 1.54) is 0 Å². The first kappa shape index (κ1) is 8.92. The molecule has 0 saturated carbocycles. The largest absolute Gasteiger partial charge is 0.412 e. The molecule has 0 aliphatic rings. The Labute approximate surface area is 58.9 Å². The van der Waals surface area contributed by atoms with E-state index in [-0.39, 0.29) is 6.10 Å². The molecule has 0 aliphatic heterocycles. The van der Waals surface area contributed by atoms with Crippen LogP contribution in [0.25, 0.3) is 0 Å². The molecule has 0 bridgehead atoms. The van der Waals surface area contributed by atoms with Crippen LogP contribution >= 0.6 is 0 Å². The van der Waals surface area contributed by atoms with Crippen molar-refractivity contribution >= 4 is 8.32 Å². The van der Waals surface area contributed by atoms with E-state index in [2.05, 4.69) is 26.2 Å². The second kappa shape index (κ2) is 3.18. The van der Waals surface area contributed by atoms with E-state index in [9.17, 15) is 0 Å². The molecule has 0 N–H and O–H groups in total. The van der Waals surface area contributed by atoms with Crippen molar-refractivity contribution in [3.05, 3.63) is 12.7 Å². The number of rotatable bonds is 3. The SMILES string of the molecule is C=C[C@@H](C)O[Si](C)(C)C. The van der Waals surface area contributed by atoms with Gasteiger partial charge in [0.2, 0.25) is 0 Å². The van der Waals surface area contributed by atoms with Gasteiger partial charge in [0, 0.05) is 0 Å². The summed E-state index contributed by atoms with van der Waals surface area (Å²) in [6.07, 6.45) is 2.05. The topological polar surface area (TPSA) is 9.23 Å². The summed E-state index contributed by atoms with van der Waals surface area (Å²) in [6.45, 7) is 12.2. The monoisotopic (exact) mass is 144 g/mol. The van der Waals surface area contributed by atoms with E-state index < -0.39 is 8.32 Å². The molecule has 2 heteroatoms.